The molecule has 0 aliphatic carbocycles. The number of benzene rings is 1. The highest BCUT2D eigenvalue weighted by Crippen LogP contribution is 2.36. The van der Waals surface area contributed by atoms with Gasteiger partial charge in [-0.05, 0) is 11.6 Å². The molecule has 16 heavy (non-hydrogen) atoms. The maximum Gasteiger partial charge on any atom is 0.417 e. The summed E-state index contributed by atoms with van der Waals surface area (Å²) in [5.74, 6) is -1.80. The summed E-state index contributed by atoms with van der Waals surface area (Å²) >= 11 is 0. The third-order valence-electron chi connectivity index (χ3n) is 1.71. The van der Waals surface area contributed by atoms with E-state index in [0.29, 0.717) is 6.07 Å². The molecule has 1 rings (SSSR count). The second-order valence-electron chi connectivity index (χ2n) is 2.69. The normalized spacial score (nSPS) is 10.7. The lowest BCUT2D eigenvalue weighted by Gasteiger charge is -2.11. The van der Waals surface area contributed by atoms with Gasteiger partial charge in [0.15, 0.2) is 0 Å². The van der Waals surface area contributed by atoms with Crippen molar-refractivity contribution in [3.63, 3.8) is 0 Å². The van der Waals surface area contributed by atoms with Crippen LogP contribution in [0.5, 0.6) is 0 Å². The Labute approximate surface area is 86.7 Å². The molecule has 0 radical (unpaired) electrons. The number of carboxylic acid groups (broad SMARTS) is 1. The van der Waals surface area contributed by atoms with Crippen LogP contribution in [0, 0.1) is 0 Å². The van der Waals surface area contributed by atoms with Crippen molar-refractivity contribution in [3.05, 3.63) is 39.8 Å². The van der Waals surface area contributed by atoms with Gasteiger partial charge in [-0.2, -0.15) is 13.2 Å². The van der Waals surface area contributed by atoms with E-state index in [4.69, 9.17) is 10.6 Å². The average molecular weight is 231 g/mol. The number of rotatable bonds is 2. The highest BCUT2D eigenvalue weighted by molar-refractivity contribution is 5.95. The third kappa shape index (κ3) is 2.23. The fourth-order valence-electron chi connectivity index (χ4n) is 1.13. The molecule has 1 N–H and O–H groups in total. The molecular formula is C8H4F3N3O2. The van der Waals surface area contributed by atoms with Gasteiger partial charge in [0.2, 0.25) is 0 Å². The van der Waals surface area contributed by atoms with Crippen LogP contribution in [0.25, 0.3) is 10.4 Å². The van der Waals surface area contributed by atoms with Crippen LogP contribution in [0.4, 0.5) is 18.9 Å². The number of nitrogens with zero attached hydrogens (tertiary/aromatic N) is 3. The summed E-state index contributed by atoms with van der Waals surface area (Å²) in [4.78, 5) is 12.9. The minimum atomic E-state index is -4.81. The molecule has 0 spiro atoms. The minimum Gasteiger partial charge on any atom is -0.478 e. The van der Waals surface area contributed by atoms with E-state index >= 15 is 0 Å². The zero-order valence-electron chi connectivity index (χ0n) is 7.56. The van der Waals surface area contributed by atoms with E-state index in [1.807, 2.05) is 0 Å². The maximum atomic E-state index is 12.4. The van der Waals surface area contributed by atoms with Crippen molar-refractivity contribution >= 4 is 11.7 Å². The fourth-order valence-corrected chi connectivity index (χ4v) is 1.13. The molecule has 0 aliphatic rings. The van der Waals surface area contributed by atoms with Crippen LogP contribution in [-0.2, 0) is 6.18 Å². The highest BCUT2D eigenvalue weighted by Gasteiger charge is 2.36. The summed E-state index contributed by atoms with van der Waals surface area (Å²) in [5.41, 5.74) is 5.15. The van der Waals surface area contributed by atoms with Crippen LogP contribution < -0.4 is 0 Å². The summed E-state index contributed by atoms with van der Waals surface area (Å²) in [6.45, 7) is 0. The summed E-state index contributed by atoms with van der Waals surface area (Å²) in [6.07, 6.45) is -4.81. The van der Waals surface area contributed by atoms with Crippen LogP contribution in [0.15, 0.2) is 23.3 Å². The summed E-state index contributed by atoms with van der Waals surface area (Å²) in [6, 6.07) is 2.58. The lowest BCUT2D eigenvalue weighted by molar-refractivity contribution is -0.138. The van der Waals surface area contributed by atoms with Crippen molar-refractivity contribution < 1.29 is 23.1 Å². The number of carbonyl (C=O) groups is 1. The van der Waals surface area contributed by atoms with Crippen LogP contribution in [-0.4, -0.2) is 11.1 Å². The molecule has 0 saturated carbocycles. The van der Waals surface area contributed by atoms with Gasteiger partial charge in [0.1, 0.15) is 0 Å². The highest BCUT2D eigenvalue weighted by atomic mass is 19.4. The molecule has 0 aliphatic heterocycles. The van der Waals surface area contributed by atoms with Crippen LogP contribution in [0.3, 0.4) is 0 Å². The molecule has 0 fully saturated rings. The number of azide groups is 1. The number of aromatic carboxylic acids is 1. The molecule has 0 heterocycles. The Morgan fingerprint density at radius 3 is 2.50 bits per heavy atom. The summed E-state index contributed by atoms with van der Waals surface area (Å²) in [7, 11) is 0. The van der Waals surface area contributed by atoms with E-state index in [0.717, 1.165) is 12.1 Å². The van der Waals surface area contributed by atoms with Crippen molar-refractivity contribution in [3.8, 4) is 0 Å². The monoisotopic (exact) mass is 231 g/mol. The molecule has 8 heteroatoms. The Hall–Kier alpha value is -2.21. The van der Waals surface area contributed by atoms with Gasteiger partial charge in [0.25, 0.3) is 0 Å². The molecule has 0 saturated heterocycles. The van der Waals surface area contributed by atoms with Gasteiger partial charge < -0.3 is 5.11 Å². The molecule has 0 bridgehead atoms. The zero-order valence-corrected chi connectivity index (χ0v) is 7.56. The topological polar surface area (TPSA) is 86.1 Å². The maximum absolute atomic E-state index is 12.4. The number of hydrogen-bond acceptors (Lipinski definition) is 2. The van der Waals surface area contributed by atoms with E-state index in [1.54, 1.807) is 0 Å². The summed E-state index contributed by atoms with van der Waals surface area (Å²) < 4.78 is 37.3. The molecule has 0 aromatic heterocycles. The second-order valence-corrected chi connectivity index (χ2v) is 2.69. The lowest BCUT2D eigenvalue weighted by Crippen LogP contribution is -2.12. The Morgan fingerprint density at radius 1 is 1.44 bits per heavy atom. The van der Waals surface area contributed by atoms with Crippen LogP contribution in [0.1, 0.15) is 15.9 Å². The SMILES string of the molecule is [N-]=[N+]=Nc1cccc(C(F)(F)F)c1C(=O)O. The van der Waals surface area contributed by atoms with E-state index in [-0.39, 0.29) is 0 Å². The molecular weight excluding hydrogens is 227 g/mol. The van der Waals surface area contributed by atoms with Gasteiger partial charge in [-0.3, -0.25) is 0 Å². The number of hydrogen-bond donors (Lipinski definition) is 1. The molecule has 0 atom stereocenters. The first-order valence-corrected chi connectivity index (χ1v) is 3.86. The van der Waals surface area contributed by atoms with Crippen molar-refractivity contribution in [1.82, 2.24) is 0 Å². The number of alkyl halides is 3. The Balaban J connectivity index is 3.57. The van der Waals surface area contributed by atoms with Crippen LogP contribution >= 0.6 is 0 Å². The number of carboxylic acids is 1. The van der Waals surface area contributed by atoms with Crippen molar-refractivity contribution in [2.75, 3.05) is 0 Å². The molecule has 1 aromatic carbocycles. The smallest absolute Gasteiger partial charge is 0.417 e. The first kappa shape index (κ1) is 11.9. The lowest BCUT2D eigenvalue weighted by atomic mass is 10.1. The van der Waals surface area contributed by atoms with Crippen molar-refractivity contribution in [1.29, 1.82) is 0 Å². The Morgan fingerprint density at radius 2 is 2.06 bits per heavy atom. The van der Waals surface area contributed by atoms with Crippen molar-refractivity contribution in [2.45, 2.75) is 6.18 Å². The predicted octanol–water partition coefficient (Wildman–Crippen LogP) is 3.35. The first-order valence-electron chi connectivity index (χ1n) is 3.86. The van der Waals surface area contributed by atoms with E-state index in [2.05, 4.69) is 10.0 Å². The molecule has 5 nitrogen and oxygen atoms in total. The standard InChI is InChI=1S/C8H4F3N3O2/c9-8(10,11)4-2-1-3-5(13-14-12)6(4)7(15)16/h1-3H,(H,15,16). The molecule has 84 valence electrons. The average Bonchev–Trinajstić information content (AvgIpc) is 2.16. The Bertz CT molecular complexity index is 478. The van der Waals surface area contributed by atoms with Crippen LogP contribution in [0.2, 0.25) is 0 Å². The molecule has 0 amide bonds. The van der Waals surface area contributed by atoms with E-state index in [1.165, 1.54) is 0 Å². The van der Waals surface area contributed by atoms with Gasteiger partial charge in [0.05, 0.1) is 16.8 Å². The summed E-state index contributed by atoms with van der Waals surface area (Å²) in [5, 5.41) is 11.6. The second kappa shape index (κ2) is 4.11. The van der Waals surface area contributed by atoms with Gasteiger partial charge in [0, 0.05) is 4.91 Å². The minimum absolute atomic E-state index is 0.565. The molecule has 1 aromatic rings. The third-order valence-corrected chi connectivity index (χ3v) is 1.71. The van der Waals surface area contributed by atoms with E-state index in [9.17, 15) is 18.0 Å². The van der Waals surface area contributed by atoms with Gasteiger partial charge in [-0.25, -0.2) is 4.79 Å². The van der Waals surface area contributed by atoms with Gasteiger partial charge in [-0.1, -0.05) is 17.2 Å². The van der Waals surface area contributed by atoms with Crippen molar-refractivity contribution in [2.24, 2.45) is 5.11 Å². The fraction of sp³-hybridized carbons (Fsp3) is 0.125. The predicted molar refractivity (Wildman–Crippen MR) is 47.2 cm³/mol. The largest absolute Gasteiger partial charge is 0.478 e. The van der Waals surface area contributed by atoms with E-state index < -0.39 is 29.0 Å². The molecule has 0 unspecified atom stereocenters. The Kier molecular flexibility index (Phi) is 3.05. The zero-order chi connectivity index (χ0) is 12.3. The first-order chi connectivity index (χ1) is 7.38. The number of halogens is 3. The quantitative estimate of drug-likeness (QED) is 0.480. The van der Waals surface area contributed by atoms with Gasteiger partial charge >= 0.3 is 12.1 Å². The van der Waals surface area contributed by atoms with Gasteiger partial charge in [-0.15, -0.1) is 0 Å².